The largest absolute Gasteiger partial charge is 0.263 e. The van der Waals surface area contributed by atoms with Gasteiger partial charge in [0.2, 0.25) is 0 Å². The zero-order valence-corrected chi connectivity index (χ0v) is 11.4. The molecule has 1 aliphatic rings. The van der Waals surface area contributed by atoms with Crippen LogP contribution in [0.1, 0.15) is 50.9 Å². The molecule has 1 aromatic heterocycles. The molecule has 2 rings (SSSR count). The third-order valence-electron chi connectivity index (χ3n) is 2.62. The fourth-order valence-electron chi connectivity index (χ4n) is 1.75. The van der Waals surface area contributed by atoms with Crippen molar-refractivity contribution < 1.29 is 0 Å². The minimum absolute atomic E-state index is 0.117. The molecule has 0 bridgehead atoms. The number of hydrogen-bond donors (Lipinski definition) is 0. The fraction of sp³-hybridized carbons (Fsp3) is 0.727. The molecule has 0 saturated heterocycles. The quantitative estimate of drug-likeness (QED) is 0.727. The SMILES string of the molecule is Cc1nn(C(C)(C)C)c(C2CC2)c1I. The van der Waals surface area contributed by atoms with Gasteiger partial charge in [0, 0.05) is 5.92 Å². The van der Waals surface area contributed by atoms with Crippen LogP contribution >= 0.6 is 22.6 Å². The van der Waals surface area contributed by atoms with Gasteiger partial charge in [-0.3, -0.25) is 4.68 Å². The Hall–Kier alpha value is -0.0600. The first-order valence-electron chi connectivity index (χ1n) is 5.16. The molecule has 0 radical (unpaired) electrons. The summed E-state index contributed by atoms with van der Waals surface area (Å²) in [6.07, 6.45) is 2.69. The number of aromatic nitrogens is 2. The van der Waals surface area contributed by atoms with Gasteiger partial charge < -0.3 is 0 Å². The van der Waals surface area contributed by atoms with Crippen LogP contribution in [0.5, 0.6) is 0 Å². The molecule has 14 heavy (non-hydrogen) atoms. The van der Waals surface area contributed by atoms with Crippen LogP contribution in [0.25, 0.3) is 0 Å². The molecular formula is C11H17IN2. The van der Waals surface area contributed by atoms with E-state index in [1.54, 1.807) is 0 Å². The van der Waals surface area contributed by atoms with Gasteiger partial charge in [-0.05, 0) is 63.1 Å². The fourth-order valence-corrected chi connectivity index (χ4v) is 2.52. The van der Waals surface area contributed by atoms with E-state index in [2.05, 4.69) is 60.1 Å². The van der Waals surface area contributed by atoms with Crippen molar-refractivity contribution in [1.29, 1.82) is 0 Å². The second-order valence-corrected chi connectivity index (χ2v) is 6.22. The number of nitrogens with zero attached hydrogens (tertiary/aromatic N) is 2. The first kappa shape index (κ1) is 10.5. The van der Waals surface area contributed by atoms with Crippen LogP contribution in [-0.4, -0.2) is 9.78 Å². The lowest BCUT2D eigenvalue weighted by Crippen LogP contribution is -2.25. The molecule has 1 fully saturated rings. The number of rotatable bonds is 1. The predicted molar refractivity (Wildman–Crippen MR) is 66.7 cm³/mol. The van der Waals surface area contributed by atoms with Crippen molar-refractivity contribution in [2.24, 2.45) is 0 Å². The van der Waals surface area contributed by atoms with Crippen molar-refractivity contribution >= 4 is 22.6 Å². The maximum atomic E-state index is 4.65. The van der Waals surface area contributed by atoms with Crippen molar-refractivity contribution in [2.75, 3.05) is 0 Å². The normalized spacial score (nSPS) is 17.5. The highest BCUT2D eigenvalue weighted by Crippen LogP contribution is 2.44. The van der Waals surface area contributed by atoms with E-state index in [9.17, 15) is 0 Å². The Kier molecular flexibility index (Phi) is 2.40. The van der Waals surface area contributed by atoms with Crippen LogP contribution in [0.15, 0.2) is 0 Å². The summed E-state index contributed by atoms with van der Waals surface area (Å²) in [5, 5.41) is 4.65. The molecule has 1 saturated carbocycles. The molecule has 0 aromatic carbocycles. The van der Waals surface area contributed by atoms with Crippen LogP contribution in [0.2, 0.25) is 0 Å². The average Bonchev–Trinajstić information content (AvgIpc) is 2.81. The summed E-state index contributed by atoms with van der Waals surface area (Å²) in [7, 11) is 0. The topological polar surface area (TPSA) is 17.8 Å². The first-order chi connectivity index (χ1) is 6.41. The van der Waals surface area contributed by atoms with Gasteiger partial charge in [0.05, 0.1) is 20.5 Å². The standard InChI is InChI=1S/C11H17IN2/c1-7-9(12)10(8-5-6-8)14(13-7)11(2,3)4/h8H,5-6H2,1-4H3. The van der Waals surface area contributed by atoms with Gasteiger partial charge in [-0.2, -0.15) is 5.10 Å². The predicted octanol–water partition coefficient (Wildman–Crippen LogP) is 3.43. The number of aryl methyl sites for hydroxylation is 1. The summed E-state index contributed by atoms with van der Waals surface area (Å²) in [6.45, 7) is 8.78. The molecule has 0 N–H and O–H groups in total. The Morgan fingerprint density at radius 1 is 1.36 bits per heavy atom. The molecule has 1 aromatic rings. The van der Waals surface area contributed by atoms with E-state index in [4.69, 9.17) is 0 Å². The van der Waals surface area contributed by atoms with Crippen molar-refractivity contribution in [3.63, 3.8) is 0 Å². The highest BCUT2D eigenvalue weighted by atomic mass is 127. The zero-order chi connectivity index (χ0) is 10.5. The molecule has 1 heterocycles. The van der Waals surface area contributed by atoms with E-state index in [0.29, 0.717) is 0 Å². The van der Waals surface area contributed by atoms with Gasteiger partial charge in [-0.1, -0.05) is 0 Å². The summed E-state index contributed by atoms with van der Waals surface area (Å²) in [5.74, 6) is 0.780. The summed E-state index contributed by atoms with van der Waals surface area (Å²) >= 11 is 2.44. The lowest BCUT2D eigenvalue weighted by molar-refractivity contribution is 0.342. The molecule has 3 heteroatoms. The maximum absolute atomic E-state index is 4.65. The second-order valence-electron chi connectivity index (χ2n) is 5.14. The maximum Gasteiger partial charge on any atom is 0.0730 e. The van der Waals surface area contributed by atoms with E-state index in [1.165, 1.54) is 27.8 Å². The number of hydrogen-bond acceptors (Lipinski definition) is 1. The molecule has 0 amide bonds. The Morgan fingerprint density at radius 3 is 2.36 bits per heavy atom. The second kappa shape index (κ2) is 3.22. The molecule has 1 aliphatic carbocycles. The van der Waals surface area contributed by atoms with Gasteiger partial charge in [-0.25, -0.2) is 0 Å². The Morgan fingerprint density at radius 2 is 1.93 bits per heavy atom. The Labute approximate surface area is 99.2 Å². The van der Waals surface area contributed by atoms with E-state index in [-0.39, 0.29) is 5.54 Å². The highest BCUT2D eigenvalue weighted by molar-refractivity contribution is 14.1. The third kappa shape index (κ3) is 1.71. The molecule has 0 atom stereocenters. The van der Waals surface area contributed by atoms with E-state index >= 15 is 0 Å². The zero-order valence-electron chi connectivity index (χ0n) is 9.26. The first-order valence-corrected chi connectivity index (χ1v) is 6.24. The van der Waals surface area contributed by atoms with Gasteiger partial charge in [-0.15, -0.1) is 0 Å². The molecule has 0 spiro atoms. The minimum atomic E-state index is 0.117. The lowest BCUT2D eigenvalue weighted by Gasteiger charge is -2.22. The van der Waals surface area contributed by atoms with Crippen LogP contribution < -0.4 is 0 Å². The lowest BCUT2D eigenvalue weighted by atomic mass is 10.1. The van der Waals surface area contributed by atoms with Gasteiger partial charge in [0.25, 0.3) is 0 Å². The molecule has 0 unspecified atom stereocenters. The van der Waals surface area contributed by atoms with Crippen LogP contribution in [0, 0.1) is 10.5 Å². The van der Waals surface area contributed by atoms with E-state index < -0.39 is 0 Å². The number of halogens is 1. The van der Waals surface area contributed by atoms with Crippen molar-refractivity contribution in [1.82, 2.24) is 9.78 Å². The van der Waals surface area contributed by atoms with Crippen molar-refractivity contribution in [2.45, 2.75) is 52.0 Å². The Balaban J connectivity index is 2.53. The van der Waals surface area contributed by atoms with Crippen LogP contribution in [0.3, 0.4) is 0 Å². The molecular weight excluding hydrogens is 287 g/mol. The third-order valence-corrected chi connectivity index (χ3v) is 3.95. The molecule has 2 nitrogen and oxygen atoms in total. The smallest absolute Gasteiger partial charge is 0.0730 e. The highest BCUT2D eigenvalue weighted by Gasteiger charge is 2.33. The average molecular weight is 304 g/mol. The Bertz CT molecular complexity index is 356. The van der Waals surface area contributed by atoms with Gasteiger partial charge >= 0.3 is 0 Å². The monoisotopic (exact) mass is 304 g/mol. The minimum Gasteiger partial charge on any atom is -0.263 e. The summed E-state index contributed by atoms with van der Waals surface area (Å²) in [5.41, 5.74) is 2.77. The van der Waals surface area contributed by atoms with Crippen molar-refractivity contribution in [3.05, 3.63) is 15.0 Å². The van der Waals surface area contributed by atoms with E-state index in [0.717, 1.165) is 5.92 Å². The van der Waals surface area contributed by atoms with Crippen molar-refractivity contribution in [3.8, 4) is 0 Å². The van der Waals surface area contributed by atoms with Gasteiger partial charge in [0.1, 0.15) is 0 Å². The van der Waals surface area contributed by atoms with E-state index in [1.807, 2.05) is 0 Å². The van der Waals surface area contributed by atoms with Gasteiger partial charge in [0.15, 0.2) is 0 Å². The molecule has 78 valence electrons. The van der Waals surface area contributed by atoms with Crippen LogP contribution in [0.4, 0.5) is 0 Å². The summed E-state index contributed by atoms with van der Waals surface area (Å²) < 4.78 is 3.60. The summed E-state index contributed by atoms with van der Waals surface area (Å²) in [4.78, 5) is 0. The van der Waals surface area contributed by atoms with Crippen LogP contribution in [-0.2, 0) is 5.54 Å². The molecule has 0 aliphatic heterocycles. The summed E-state index contributed by atoms with van der Waals surface area (Å²) in [6, 6.07) is 0.